The van der Waals surface area contributed by atoms with E-state index in [0.29, 0.717) is 5.56 Å². The van der Waals surface area contributed by atoms with Gasteiger partial charge in [-0.15, -0.1) is 0 Å². The standard InChI is InChI=1S/C18H14F3N3O2/c19-18(20,21)14-3-1-2-12(8-14)9-15(16(23)25)24-17(26)13-6-4-11(10-22)5-7-13/h1-8,15H,9H2,(H2,23,25)(H,24,26)/t15-/m1/s1. The molecule has 2 rings (SSSR count). The first-order valence-electron chi connectivity index (χ1n) is 7.47. The zero-order valence-electron chi connectivity index (χ0n) is 13.4. The quantitative estimate of drug-likeness (QED) is 0.856. The van der Waals surface area contributed by atoms with Crippen LogP contribution in [-0.2, 0) is 17.4 Å². The van der Waals surface area contributed by atoms with E-state index in [2.05, 4.69) is 5.32 Å². The van der Waals surface area contributed by atoms with Gasteiger partial charge in [-0.25, -0.2) is 0 Å². The highest BCUT2D eigenvalue weighted by atomic mass is 19.4. The van der Waals surface area contributed by atoms with Crippen LogP contribution in [-0.4, -0.2) is 17.9 Å². The molecule has 0 heterocycles. The van der Waals surface area contributed by atoms with Gasteiger partial charge in [-0.3, -0.25) is 9.59 Å². The molecule has 134 valence electrons. The molecule has 8 heteroatoms. The molecule has 0 bridgehead atoms. The normalized spacial score (nSPS) is 12.1. The minimum absolute atomic E-state index is 0.179. The van der Waals surface area contributed by atoms with Crippen molar-refractivity contribution >= 4 is 11.8 Å². The van der Waals surface area contributed by atoms with Gasteiger partial charge in [0.2, 0.25) is 5.91 Å². The number of rotatable bonds is 5. The molecule has 0 aliphatic carbocycles. The molecule has 0 radical (unpaired) electrons. The molecule has 0 fully saturated rings. The Balaban J connectivity index is 2.15. The molecule has 26 heavy (non-hydrogen) atoms. The summed E-state index contributed by atoms with van der Waals surface area (Å²) in [4.78, 5) is 23.8. The van der Waals surface area contributed by atoms with Gasteiger partial charge in [0.25, 0.3) is 5.91 Å². The predicted molar refractivity (Wildman–Crippen MR) is 86.8 cm³/mol. The number of nitriles is 1. The number of primary amides is 1. The monoisotopic (exact) mass is 361 g/mol. The molecule has 0 aliphatic rings. The van der Waals surface area contributed by atoms with Gasteiger partial charge in [0, 0.05) is 12.0 Å². The first kappa shape index (κ1) is 19.0. The van der Waals surface area contributed by atoms with Crippen LogP contribution in [0.25, 0.3) is 0 Å². The van der Waals surface area contributed by atoms with Crippen LogP contribution in [0.15, 0.2) is 48.5 Å². The predicted octanol–water partition coefficient (Wildman–Crippen LogP) is 2.40. The molecule has 2 aromatic carbocycles. The number of nitrogens with two attached hydrogens (primary N) is 1. The van der Waals surface area contributed by atoms with Crippen molar-refractivity contribution in [3.8, 4) is 6.07 Å². The summed E-state index contributed by atoms with van der Waals surface area (Å²) in [5, 5.41) is 11.1. The lowest BCUT2D eigenvalue weighted by Crippen LogP contribution is -2.45. The second-order valence-corrected chi connectivity index (χ2v) is 5.52. The summed E-state index contributed by atoms with van der Waals surface area (Å²) in [6.07, 6.45) is -4.69. The van der Waals surface area contributed by atoms with Gasteiger partial charge < -0.3 is 11.1 Å². The van der Waals surface area contributed by atoms with Crippen LogP contribution < -0.4 is 11.1 Å². The third-order valence-electron chi connectivity index (χ3n) is 3.62. The van der Waals surface area contributed by atoms with Crippen LogP contribution in [0, 0.1) is 11.3 Å². The van der Waals surface area contributed by atoms with Crippen LogP contribution in [0.5, 0.6) is 0 Å². The summed E-state index contributed by atoms with van der Waals surface area (Å²) in [5.41, 5.74) is 5.18. The second-order valence-electron chi connectivity index (χ2n) is 5.52. The van der Waals surface area contributed by atoms with Crippen molar-refractivity contribution in [2.45, 2.75) is 18.6 Å². The zero-order chi connectivity index (χ0) is 19.3. The van der Waals surface area contributed by atoms with Crippen molar-refractivity contribution in [1.29, 1.82) is 5.26 Å². The Kier molecular flexibility index (Phi) is 5.62. The number of alkyl halides is 3. The number of carbonyl (C=O) groups excluding carboxylic acids is 2. The Morgan fingerprint density at radius 3 is 2.35 bits per heavy atom. The lowest BCUT2D eigenvalue weighted by atomic mass is 10.0. The molecule has 0 saturated carbocycles. The number of nitrogens with zero attached hydrogens (tertiary/aromatic N) is 1. The minimum atomic E-state index is -4.51. The van der Waals surface area contributed by atoms with Crippen LogP contribution >= 0.6 is 0 Å². The Morgan fingerprint density at radius 1 is 1.15 bits per heavy atom. The van der Waals surface area contributed by atoms with Crippen molar-refractivity contribution in [2.75, 3.05) is 0 Å². The van der Waals surface area contributed by atoms with Gasteiger partial charge in [0.15, 0.2) is 0 Å². The number of benzene rings is 2. The van der Waals surface area contributed by atoms with Gasteiger partial charge in [0.1, 0.15) is 6.04 Å². The number of nitrogens with one attached hydrogen (secondary N) is 1. The van der Waals surface area contributed by atoms with Gasteiger partial charge in [-0.05, 0) is 35.9 Å². The molecule has 3 N–H and O–H groups in total. The highest BCUT2D eigenvalue weighted by Gasteiger charge is 2.30. The average Bonchev–Trinajstić information content (AvgIpc) is 2.60. The van der Waals surface area contributed by atoms with Gasteiger partial charge in [-0.2, -0.15) is 18.4 Å². The third kappa shape index (κ3) is 4.83. The highest BCUT2D eigenvalue weighted by Crippen LogP contribution is 2.29. The molecule has 1 atom stereocenters. The van der Waals surface area contributed by atoms with Gasteiger partial charge >= 0.3 is 6.18 Å². The maximum Gasteiger partial charge on any atom is 0.416 e. The second kappa shape index (κ2) is 7.70. The summed E-state index contributed by atoms with van der Waals surface area (Å²) < 4.78 is 38.3. The SMILES string of the molecule is N#Cc1ccc(C(=O)N[C@H](Cc2cccc(C(F)(F)F)c2)C(N)=O)cc1. The zero-order valence-corrected chi connectivity index (χ0v) is 13.4. The summed E-state index contributed by atoms with van der Waals surface area (Å²) >= 11 is 0. The lowest BCUT2D eigenvalue weighted by Gasteiger charge is -2.16. The summed E-state index contributed by atoms with van der Waals surface area (Å²) in [6.45, 7) is 0. The first-order chi connectivity index (χ1) is 12.2. The molecule has 0 aliphatic heterocycles. The summed E-state index contributed by atoms with van der Waals surface area (Å²) in [6, 6.07) is 10.8. The number of halogens is 3. The lowest BCUT2D eigenvalue weighted by molar-refractivity contribution is -0.137. The van der Waals surface area contributed by atoms with Crippen molar-refractivity contribution in [3.05, 3.63) is 70.8 Å². The fraction of sp³-hybridized carbons (Fsp3) is 0.167. The van der Waals surface area contributed by atoms with Crippen LogP contribution in [0.3, 0.4) is 0 Å². The highest BCUT2D eigenvalue weighted by molar-refractivity contribution is 5.97. The van der Waals surface area contributed by atoms with E-state index in [0.717, 1.165) is 12.1 Å². The minimum Gasteiger partial charge on any atom is -0.368 e. The van der Waals surface area contributed by atoms with E-state index in [1.807, 2.05) is 6.07 Å². The number of hydrogen-bond donors (Lipinski definition) is 2. The maximum atomic E-state index is 12.8. The van der Waals surface area contributed by atoms with Crippen molar-refractivity contribution in [1.82, 2.24) is 5.32 Å². The van der Waals surface area contributed by atoms with E-state index in [4.69, 9.17) is 11.0 Å². The van der Waals surface area contributed by atoms with Crippen molar-refractivity contribution in [2.24, 2.45) is 5.73 Å². The van der Waals surface area contributed by atoms with Gasteiger partial charge in [0.05, 0.1) is 17.2 Å². The summed E-state index contributed by atoms with van der Waals surface area (Å²) in [5.74, 6) is -1.49. The molecule has 0 aromatic heterocycles. The molecule has 0 saturated heterocycles. The molecule has 2 aromatic rings. The topological polar surface area (TPSA) is 96.0 Å². The average molecular weight is 361 g/mol. The van der Waals surface area contributed by atoms with E-state index >= 15 is 0 Å². The van der Waals surface area contributed by atoms with Crippen molar-refractivity contribution < 1.29 is 22.8 Å². The van der Waals surface area contributed by atoms with Crippen LogP contribution in [0.4, 0.5) is 13.2 Å². The Bertz CT molecular complexity index is 855. The number of carbonyl (C=O) groups is 2. The number of amides is 2. The van der Waals surface area contributed by atoms with E-state index in [-0.39, 0.29) is 17.5 Å². The van der Waals surface area contributed by atoms with E-state index in [9.17, 15) is 22.8 Å². The molecular formula is C18H14F3N3O2. The fourth-order valence-electron chi connectivity index (χ4n) is 2.27. The summed E-state index contributed by atoms with van der Waals surface area (Å²) in [7, 11) is 0. The smallest absolute Gasteiger partial charge is 0.368 e. The Hall–Kier alpha value is -3.34. The van der Waals surface area contributed by atoms with Gasteiger partial charge in [-0.1, -0.05) is 18.2 Å². The molecule has 2 amide bonds. The fourth-order valence-corrected chi connectivity index (χ4v) is 2.27. The maximum absolute atomic E-state index is 12.8. The Morgan fingerprint density at radius 2 is 1.81 bits per heavy atom. The Labute approximate surface area is 147 Å². The molecule has 5 nitrogen and oxygen atoms in total. The van der Waals surface area contributed by atoms with Crippen molar-refractivity contribution in [3.63, 3.8) is 0 Å². The van der Waals surface area contributed by atoms with E-state index in [1.54, 1.807) is 0 Å². The molecule has 0 spiro atoms. The third-order valence-corrected chi connectivity index (χ3v) is 3.62. The van der Waals surface area contributed by atoms with Crippen LogP contribution in [0.2, 0.25) is 0 Å². The largest absolute Gasteiger partial charge is 0.416 e. The first-order valence-corrected chi connectivity index (χ1v) is 7.47. The molecule has 0 unspecified atom stereocenters. The van der Waals surface area contributed by atoms with E-state index < -0.39 is 29.6 Å². The number of hydrogen-bond acceptors (Lipinski definition) is 3. The molecular weight excluding hydrogens is 347 g/mol. The van der Waals surface area contributed by atoms with E-state index in [1.165, 1.54) is 36.4 Å². The van der Waals surface area contributed by atoms with Crippen LogP contribution in [0.1, 0.15) is 27.0 Å².